The van der Waals surface area contributed by atoms with Crippen LogP contribution in [-0.2, 0) is 89.9 Å². The van der Waals surface area contributed by atoms with E-state index in [2.05, 4.69) is 20.7 Å². The number of methoxy groups -OCH3 is 1. The minimum absolute atomic E-state index is 0.0248. The summed E-state index contributed by atoms with van der Waals surface area (Å²) in [6.07, 6.45) is -9.14. The summed E-state index contributed by atoms with van der Waals surface area (Å²) in [4.78, 5) is 89.0. The fourth-order valence-corrected chi connectivity index (χ4v) is 6.82. The van der Waals surface area contributed by atoms with Gasteiger partial charge in [-0.25, -0.2) is 9.59 Å². The lowest BCUT2D eigenvalue weighted by Gasteiger charge is -2.43. The van der Waals surface area contributed by atoms with Gasteiger partial charge in [-0.2, -0.15) is 0 Å². The number of ether oxygens (including phenoxy) is 9. The van der Waals surface area contributed by atoms with Crippen LogP contribution in [0, 0.1) is 0 Å². The molecule has 1 aliphatic heterocycles. The largest absolute Gasteiger partial charge is 0.501 e. The van der Waals surface area contributed by atoms with Crippen LogP contribution in [0.4, 0.5) is 4.79 Å². The highest BCUT2D eigenvalue weighted by Gasteiger charge is 2.53. The highest BCUT2D eigenvalue weighted by Crippen LogP contribution is 2.36. The first-order valence-electron chi connectivity index (χ1n) is 20.7. The van der Waals surface area contributed by atoms with E-state index in [9.17, 15) is 42.0 Å². The standard InChI is InChI=1S/C42H55N5O20S/c1-24(48)59-23-34-36(60-25(2)49)37(61-26(3)50)38(62-27(4)51)40(64-34)63-32-15-11-29(12-16-35(52)44-17-19-58-20-18-45-47-43)22-33(32)67-68(55,56)66-30-13-9-28(10-14-30)21-31(39(53)57-8)46-41(54)65-42(5,6)7/h9-11,13-15,22,31,34,36-38,40H,12,16-21,23H2,1-8H3,(H,44,52)(H,46,54)/t31?,34-,36+,37+,38-,40?/m1/s1. The fraction of sp³-hybridized carbons (Fsp3) is 0.548. The van der Waals surface area contributed by atoms with E-state index in [1.807, 2.05) is 0 Å². The number of carbonyl (C=O) groups is 7. The zero-order valence-electron chi connectivity index (χ0n) is 38.6. The molecule has 0 radical (unpaired) electrons. The zero-order valence-corrected chi connectivity index (χ0v) is 39.4. The lowest BCUT2D eigenvalue weighted by Crippen LogP contribution is -2.63. The van der Waals surface area contributed by atoms with E-state index < -0.39 is 113 Å². The van der Waals surface area contributed by atoms with E-state index in [1.165, 1.54) is 42.5 Å². The monoisotopic (exact) mass is 981 g/mol. The second kappa shape index (κ2) is 26.4. The van der Waals surface area contributed by atoms with Crippen molar-refractivity contribution in [1.29, 1.82) is 0 Å². The predicted octanol–water partition coefficient (Wildman–Crippen LogP) is 2.84. The van der Waals surface area contributed by atoms with E-state index in [-0.39, 0.29) is 51.3 Å². The highest BCUT2D eigenvalue weighted by molar-refractivity contribution is 7.82. The van der Waals surface area contributed by atoms with E-state index in [4.69, 9.17) is 56.5 Å². The van der Waals surface area contributed by atoms with Gasteiger partial charge in [0.25, 0.3) is 0 Å². The molecule has 3 rings (SSSR count). The van der Waals surface area contributed by atoms with Crippen LogP contribution in [0.2, 0.25) is 0 Å². The van der Waals surface area contributed by atoms with Gasteiger partial charge in [-0.3, -0.25) is 24.0 Å². The number of amides is 2. The number of azide groups is 1. The maximum Gasteiger partial charge on any atom is 0.501 e. The SMILES string of the molecule is COC(=O)C(Cc1ccc(OS(=O)(=O)Oc2cc(CCC(=O)NCCOCCN=[N+]=[N-])ccc2OC2O[C@H](COC(C)=O)[C@H](OC(C)=O)[C@H](OC(C)=O)[C@H]2OC(C)=O)cc1)NC(=O)OC(C)(C)C. The summed E-state index contributed by atoms with van der Waals surface area (Å²) in [5.74, 6) is -5.88. The van der Waals surface area contributed by atoms with Gasteiger partial charge in [-0.15, -0.1) is 8.42 Å². The number of alkyl carbamates (subject to hydrolysis) is 1. The van der Waals surface area contributed by atoms with Crippen molar-refractivity contribution >= 4 is 52.2 Å². The number of benzene rings is 2. The number of carbonyl (C=O) groups excluding carboxylic acids is 7. The molecule has 2 aromatic rings. The molecule has 0 spiro atoms. The molecule has 1 aliphatic rings. The first kappa shape index (κ1) is 55.4. The molecular weight excluding hydrogens is 927 g/mol. The third-order valence-electron chi connectivity index (χ3n) is 8.74. The van der Waals surface area contributed by atoms with Crippen LogP contribution in [0.25, 0.3) is 10.4 Å². The van der Waals surface area contributed by atoms with E-state index >= 15 is 0 Å². The molecule has 0 saturated carbocycles. The normalized spacial score (nSPS) is 18.2. The number of hydrogen-bond donors (Lipinski definition) is 2. The third-order valence-corrected chi connectivity index (χ3v) is 9.52. The molecule has 2 aromatic carbocycles. The molecule has 25 nitrogen and oxygen atoms in total. The Hall–Kier alpha value is -6.89. The van der Waals surface area contributed by atoms with Crippen LogP contribution < -0.4 is 23.7 Å². The maximum atomic E-state index is 13.6. The molecule has 2 unspecified atom stereocenters. The van der Waals surface area contributed by atoms with Crippen LogP contribution in [0.3, 0.4) is 0 Å². The number of nitrogens with one attached hydrogen (secondary N) is 2. The number of nitrogens with zero attached hydrogens (tertiary/aromatic N) is 3. The average Bonchev–Trinajstić information content (AvgIpc) is 3.23. The Morgan fingerprint density at radius 3 is 2.06 bits per heavy atom. The molecule has 1 fully saturated rings. The predicted molar refractivity (Wildman–Crippen MR) is 231 cm³/mol. The summed E-state index contributed by atoms with van der Waals surface area (Å²) < 4.78 is 86.8. The summed E-state index contributed by atoms with van der Waals surface area (Å²) in [6.45, 7) is 9.05. The Bertz CT molecular complexity index is 2250. The summed E-state index contributed by atoms with van der Waals surface area (Å²) in [5.41, 5.74) is 8.29. The van der Waals surface area contributed by atoms with Crippen LogP contribution >= 0.6 is 0 Å². The number of esters is 5. The lowest BCUT2D eigenvalue weighted by atomic mass is 9.98. The van der Waals surface area contributed by atoms with Crippen molar-refractivity contribution in [2.24, 2.45) is 5.11 Å². The van der Waals surface area contributed by atoms with Gasteiger partial charge < -0.3 is 61.6 Å². The lowest BCUT2D eigenvalue weighted by molar-refractivity contribution is -0.288. The van der Waals surface area contributed by atoms with Gasteiger partial charge in [0.1, 0.15) is 30.1 Å². The Balaban J connectivity index is 1.97. The topological polar surface area (TPSA) is 328 Å². The van der Waals surface area contributed by atoms with Crippen molar-refractivity contribution in [3.63, 3.8) is 0 Å². The van der Waals surface area contributed by atoms with Gasteiger partial charge in [0.2, 0.25) is 18.3 Å². The van der Waals surface area contributed by atoms with Gasteiger partial charge in [-0.1, -0.05) is 23.3 Å². The van der Waals surface area contributed by atoms with Gasteiger partial charge in [0.05, 0.1) is 20.3 Å². The molecule has 6 atom stereocenters. The second-order valence-corrected chi connectivity index (χ2v) is 16.7. The van der Waals surface area contributed by atoms with Crippen molar-refractivity contribution in [1.82, 2.24) is 10.6 Å². The molecule has 0 aromatic heterocycles. The number of hydrogen-bond acceptors (Lipinski definition) is 21. The Labute approximate surface area is 391 Å². The molecular formula is C42H55N5O20S. The Morgan fingerprint density at radius 2 is 1.46 bits per heavy atom. The number of rotatable bonds is 24. The highest BCUT2D eigenvalue weighted by atomic mass is 32.3. The summed E-state index contributed by atoms with van der Waals surface area (Å²) in [7, 11) is -3.94. The molecule has 1 saturated heterocycles. The molecule has 2 N–H and O–H groups in total. The number of aryl methyl sites for hydroxylation is 1. The molecule has 0 bridgehead atoms. The van der Waals surface area contributed by atoms with Crippen LogP contribution in [0.5, 0.6) is 17.2 Å². The van der Waals surface area contributed by atoms with Crippen molar-refractivity contribution in [3.05, 3.63) is 64.0 Å². The molecule has 26 heteroatoms. The summed E-state index contributed by atoms with van der Waals surface area (Å²) >= 11 is 0. The molecule has 2 amide bonds. The van der Waals surface area contributed by atoms with Gasteiger partial charge in [0, 0.05) is 58.5 Å². The van der Waals surface area contributed by atoms with Crippen molar-refractivity contribution in [2.75, 3.05) is 40.0 Å². The first-order chi connectivity index (χ1) is 32.0. The van der Waals surface area contributed by atoms with E-state index in [0.717, 1.165) is 34.8 Å². The van der Waals surface area contributed by atoms with Gasteiger partial charge in [0.15, 0.2) is 23.7 Å². The van der Waals surface area contributed by atoms with E-state index in [1.54, 1.807) is 20.8 Å². The smallest absolute Gasteiger partial charge is 0.467 e. The fourth-order valence-electron chi connectivity index (χ4n) is 6.09. The minimum Gasteiger partial charge on any atom is -0.467 e. The molecule has 0 aliphatic carbocycles. The average molecular weight is 982 g/mol. The summed E-state index contributed by atoms with van der Waals surface area (Å²) in [6, 6.07) is 8.03. The quantitative estimate of drug-likeness (QED) is 0.0381. The van der Waals surface area contributed by atoms with Gasteiger partial charge in [-0.05, 0) is 68.1 Å². The van der Waals surface area contributed by atoms with Crippen LogP contribution in [0.15, 0.2) is 47.6 Å². The van der Waals surface area contributed by atoms with Crippen LogP contribution in [0.1, 0.15) is 66.0 Å². The summed E-state index contributed by atoms with van der Waals surface area (Å²) in [5, 5.41) is 8.45. The first-order valence-corrected chi connectivity index (χ1v) is 22.1. The Morgan fingerprint density at radius 1 is 0.824 bits per heavy atom. The Kier molecular flexibility index (Phi) is 21.6. The second-order valence-electron chi connectivity index (χ2n) is 15.5. The van der Waals surface area contributed by atoms with Crippen molar-refractivity contribution in [2.45, 2.75) is 110 Å². The third kappa shape index (κ3) is 19.9. The molecule has 68 heavy (non-hydrogen) atoms. The molecule has 1 heterocycles. The van der Waals surface area contributed by atoms with Crippen molar-refractivity contribution in [3.8, 4) is 17.2 Å². The van der Waals surface area contributed by atoms with E-state index in [0.29, 0.717) is 11.1 Å². The zero-order chi connectivity index (χ0) is 50.6. The van der Waals surface area contributed by atoms with Crippen molar-refractivity contribution < 1.29 is 93.0 Å². The minimum atomic E-state index is -5.08. The van der Waals surface area contributed by atoms with Gasteiger partial charge >= 0.3 is 46.3 Å². The van der Waals surface area contributed by atoms with Crippen LogP contribution in [-0.4, -0.2) is 133 Å². The molecule has 374 valence electrons. The maximum absolute atomic E-state index is 13.6.